The van der Waals surface area contributed by atoms with Crippen molar-refractivity contribution in [3.63, 3.8) is 0 Å². The van der Waals surface area contributed by atoms with Crippen LogP contribution in [0.15, 0.2) is 54.9 Å². The third-order valence-corrected chi connectivity index (χ3v) is 6.45. The Morgan fingerprint density at radius 1 is 1.00 bits per heavy atom. The molecule has 3 aromatic rings. The molecule has 0 saturated carbocycles. The highest BCUT2D eigenvalue weighted by molar-refractivity contribution is 6.00. The molecule has 2 aliphatic rings. The summed E-state index contributed by atoms with van der Waals surface area (Å²) in [6.45, 7) is 4.89. The number of piperazine rings is 1. The Bertz CT molecular complexity index is 1170. The molecule has 2 aliphatic heterocycles. The Hall–Kier alpha value is -3.88. The molecule has 2 aromatic heterocycles. The predicted octanol–water partition coefficient (Wildman–Crippen LogP) is 2.29. The monoisotopic (exact) mass is 460 g/mol. The van der Waals surface area contributed by atoms with E-state index < -0.39 is 0 Å². The summed E-state index contributed by atoms with van der Waals surface area (Å²) in [5.74, 6) is 2.86. The van der Waals surface area contributed by atoms with E-state index in [0.717, 1.165) is 23.1 Å². The lowest BCUT2D eigenvalue weighted by atomic mass is 10.1. The molecule has 2 amide bonds. The van der Waals surface area contributed by atoms with Crippen molar-refractivity contribution < 1.29 is 14.3 Å². The molecule has 0 aliphatic carbocycles. The van der Waals surface area contributed by atoms with Crippen molar-refractivity contribution in [3.05, 3.63) is 60.7 Å². The molecule has 1 unspecified atom stereocenters. The number of anilines is 2. The Morgan fingerprint density at radius 3 is 2.35 bits per heavy atom. The third kappa shape index (κ3) is 4.33. The van der Waals surface area contributed by atoms with Gasteiger partial charge in [0.05, 0.1) is 13.0 Å². The number of benzene rings is 1. The molecule has 9 heteroatoms. The molecule has 1 atom stereocenters. The summed E-state index contributed by atoms with van der Waals surface area (Å²) in [7, 11) is 1.61. The predicted molar refractivity (Wildman–Crippen MR) is 128 cm³/mol. The number of hydrogen-bond donors (Lipinski definition) is 0. The zero-order valence-corrected chi connectivity index (χ0v) is 19.4. The van der Waals surface area contributed by atoms with E-state index in [9.17, 15) is 9.59 Å². The van der Waals surface area contributed by atoms with Crippen LogP contribution in [-0.4, -0.2) is 71.1 Å². The van der Waals surface area contributed by atoms with Crippen molar-refractivity contribution in [1.82, 2.24) is 19.4 Å². The fourth-order valence-electron chi connectivity index (χ4n) is 4.62. The fraction of sp³-hybridized carbons (Fsp3) is 0.360. The Kier molecular flexibility index (Phi) is 5.91. The molecular weight excluding hydrogens is 432 g/mol. The molecule has 5 rings (SSSR count). The SMILES string of the molecule is COc1ccc(N2CC(C(=O)N3CCN(c4cc(-n5cccc5)nc(C)n4)CC3)CC2=O)cc1. The van der Waals surface area contributed by atoms with Gasteiger partial charge in [-0.1, -0.05) is 0 Å². The Labute approximate surface area is 198 Å². The van der Waals surface area contributed by atoms with Crippen LogP contribution in [0.2, 0.25) is 0 Å². The molecule has 2 fully saturated rings. The molecule has 1 aromatic carbocycles. The minimum Gasteiger partial charge on any atom is -0.497 e. The quantitative estimate of drug-likeness (QED) is 0.581. The zero-order chi connectivity index (χ0) is 23.7. The molecule has 2 saturated heterocycles. The Morgan fingerprint density at radius 2 is 1.68 bits per heavy atom. The average molecular weight is 461 g/mol. The lowest BCUT2D eigenvalue weighted by Crippen LogP contribution is -2.51. The highest BCUT2D eigenvalue weighted by Gasteiger charge is 2.38. The van der Waals surface area contributed by atoms with Gasteiger partial charge < -0.3 is 24.0 Å². The molecule has 9 nitrogen and oxygen atoms in total. The van der Waals surface area contributed by atoms with Gasteiger partial charge >= 0.3 is 0 Å². The van der Waals surface area contributed by atoms with E-state index in [4.69, 9.17) is 4.74 Å². The van der Waals surface area contributed by atoms with Gasteiger partial charge in [-0.05, 0) is 43.3 Å². The van der Waals surface area contributed by atoms with E-state index in [2.05, 4.69) is 14.9 Å². The smallest absolute Gasteiger partial charge is 0.228 e. The number of carbonyl (C=O) groups is 2. The number of carbonyl (C=O) groups excluding carboxylic acids is 2. The topological polar surface area (TPSA) is 83.8 Å². The maximum atomic E-state index is 13.2. The van der Waals surface area contributed by atoms with Crippen LogP contribution in [0.4, 0.5) is 11.5 Å². The molecule has 176 valence electrons. The number of aryl methyl sites for hydroxylation is 1. The minimum atomic E-state index is -0.317. The van der Waals surface area contributed by atoms with E-state index in [1.54, 1.807) is 12.0 Å². The van der Waals surface area contributed by atoms with Crippen LogP contribution in [0.1, 0.15) is 12.2 Å². The highest BCUT2D eigenvalue weighted by atomic mass is 16.5. The van der Waals surface area contributed by atoms with Gasteiger partial charge in [0.25, 0.3) is 0 Å². The number of nitrogens with zero attached hydrogens (tertiary/aromatic N) is 6. The standard InChI is InChI=1S/C25H28N6O3/c1-18-26-22(28-9-3-4-10-28)16-23(27-18)29-11-13-30(14-12-29)25(33)19-15-24(32)31(17-19)20-5-7-21(34-2)8-6-20/h3-10,16,19H,11-15,17H2,1-2H3. The second-order valence-corrected chi connectivity index (χ2v) is 8.64. The van der Waals surface area contributed by atoms with Crippen LogP contribution in [0, 0.1) is 12.8 Å². The summed E-state index contributed by atoms with van der Waals surface area (Å²) in [6, 6.07) is 13.3. The number of ether oxygens (including phenoxy) is 1. The zero-order valence-electron chi connectivity index (χ0n) is 19.4. The third-order valence-electron chi connectivity index (χ3n) is 6.45. The molecule has 0 spiro atoms. The number of amides is 2. The number of aromatic nitrogens is 3. The first-order chi connectivity index (χ1) is 16.5. The van der Waals surface area contributed by atoms with Crippen molar-refractivity contribution in [3.8, 4) is 11.6 Å². The van der Waals surface area contributed by atoms with Gasteiger partial charge in [0.2, 0.25) is 11.8 Å². The summed E-state index contributed by atoms with van der Waals surface area (Å²) in [5.41, 5.74) is 0.795. The summed E-state index contributed by atoms with van der Waals surface area (Å²) >= 11 is 0. The van der Waals surface area contributed by atoms with Crippen LogP contribution in [-0.2, 0) is 9.59 Å². The van der Waals surface area contributed by atoms with Gasteiger partial charge in [-0.3, -0.25) is 9.59 Å². The van der Waals surface area contributed by atoms with Gasteiger partial charge in [0.15, 0.2) is 0 Å². The number of hydrogen-bond acceptors (Lipinski definition) is 6. The number of rotatable bonds is 5. The molecule has 34 heavy (non-hydrogen) atoms. The van der Waals surface area contributed by atoms with Crippen LogP contribution in [0.5, 0.6) is 5.75 Å². The second kappa shape index (κ2) is 9.17. The molecule has 0 bridgehead atoms. The maximum absolute atomic E-state index is 13.2. The van der Waals surface area contributed by atoms with Crippen molar-refractivity contribution in [1.29, 1.82) is 0 Å². The van der Waals surface area contributed by atoms with Gasteiger partial charge in [0.1, 0.15) is 23.2 Å². The largest absolute Gasteiger partial charge is 0.497 e. The van der Waals surface area contributed by atoms with Crippen LogP contribution in [0.25, 0.3) is 5.82 Å². The second-order valence-electron chi connectivity index (χ2n) is 8.64. The lowest BCUT2D eigenvalue weighted by Gasteiger charge is -2.36. The average Bonchev–Trinajstić information content (AvgIpc) is 3.54. The minimum absolute atomic E-state index is 0.0174. The van der Waals surface area contributed by atoms with E-state index in [1.165, 1.54) is 0 Å². The first-order valence-corrected chi connectivity index (χ1v) is 11.5. The number of methoxy groups -OCH3 is 1. The van der Waals surface area contributed by atoms with E-state index in [1.807, 2.05) is 71.2 Å². The van der Waals surface area contributed by atoms with Crippen molar-refractivity contribution in [2.45, 2.75) is 13.3 Å². The first-order valence-electron chi connectivity index (χ1n) is 11.5. The summed E-state index contributed by atoms with van der Waals surface area (Å²) in [5, 5.41) is 0. The van der Waals surface area contributed by atoms with E-state index >= 15 is 0 Å². The summed E-state index contributed by atoms with van der Waals surface area (Å²) < 4.78 is 7.15. The van der Waals surface area contributed by atoms with Gasteiger partial charge in [-0.15, -0.1) is 0 Å². The van der Waals surface area contributed by atoms with Crippen molar-refractivity contribution >= 4 is 23.3 Å². The van der Waals surface area contributed by atoms with Crippen molar-refractivity contribution in [2.75, 3.05) is 49.6 Å². The molecule has 0 radical (unpaired) electrons. The fourth-order valence-corrected chi connectivity index (χ4v) is 4.62. The molecular formula is C25H28N6O3. The van der Waals surface area contributed by atoms with Crippen LogP contribution < -0.4 is 14.5 Å². The van der Waals surface area contributed by atoms with Gasteiger partial charge in [0, 0.05) is 63.3 Å². The van der Waals surface area contributed by atoms with Gasteiger partial charge in [-0.25, -0.2) is 9.97 Å². The lowest BCUT2D eigenvalue weighted by molar-refractivity contribution is -0.136. The van der Waals surface area contributed by atoms with Gasteiger partial charge in [-0.2, -0.15) is 0 Å². The highest BCUT2D eigenvalue weighted by Crippen LogP contribution is 2.28. The molecule has 4 heterocycles. The normalized spacial score (nSPS) is 18.5. The van der Waals surface area contributed by atoms with Crippen LogP contribution in [0.3, 0.4) is 0 Å². The summed E-state index contributed by atoms with van der Waals surface area (Å²) in [4.78, 5) is 40.8. The first kappa shape index (κ1) is 21.9. The molecule has 0 N–H and O–H groups in total. The Balaban J connectivity index is 1.21. The summed E-state index contributed by atoms with van der Waals surface area (Å²) in [6.07, 6.45) is 4.16. The maximum Gasteiger partial charge on any atom is 0.228 e. The van der Waals surface area contributed by atoms with E-state index in [-0.39, 0.29) is 24.2 Å². The van der Waals surface area contributed by atoms with E-state index in [0.29, 0.717) is 38.5 Å². The van der Waals surface area contributed by atoms with Crippen LogP contribution >= 0.6 is 0 Å². The van der Waals surface area contributed by atoms with Crippen molar-refractivity contribution in [2.24, 2.45) is 5.92 Å².